The second-order valence-corrected chi connectivity index (χ2v) is 9.25. The smallest absolute Gasteiger partial charge is 0.406 e. The van der Waals surface area contributed by atoms with E-state index in [1.54, 1.807) is 47.4 Å². The number of hydrogen-bond donors (Lipinski definition) is 1. The third-order valence-electron chi connectivity index (χ3n) is 5.14. The summed E-state index contributed by atoms with van der Waals surface area (Å²) in [6.07, 6.45) is 0.228. The van der Waals surface area contributed by atoms with Crippen LogP contribution in [0.5, 0.6) is 5.75 Å². The van der Waals surface area contributed by atoms with Crippen LogP contribution < -0.4 is 9.46 Å². The molecule has 8 nitrogen and oxygen atoms in total. The highest BCUT2D eigenvalue weighted by molar-refractivity contribution is 7.92. The molecule has 12 heteroatoms. The third kappa shape index (κ3) is 4.98. The van der Waals surface area contributed by atoms with E-state index in [4.69, 9.17) is 0 Å². The van der Waals surface area contributed by atoms with Crippen LogP contribution >= 0.6 is 0 Å². The summed E-state index contributed by atoms with van der Waals surface area (Å²) < 4.78 is 70.1. The second-order valence-electron chi connectivity index (χ2n) is 7.57. The van der Waals surface area contributed by atoms with E-state index in [0.29, 0.717) is 11.3 Å². The summed E-state index contributed by atoms with van der Waals surface area (Å²) in [5.74, 6) is -0.514. The first-order chi connectivity index (χ1) is 17.2. The first kappa shape index (κ1) is 23.3. The summed E-state index contributed by atoms with van der Waals surface area (Å²) in [5.41, 5.74) is 4.03. The number of nitrogens with one attached hydrogen (secondary N) is 1. The number of fused-ring (bicyclic) bond motifs is 1. The molecule has 0 radical (unpaired) electrons. The lowest BCUT2D eigenvalue weighted by Gasteiger charge is -2.11. The number of rotatable bonds is 6. The minimum atomic E-state index is -4.86. The molecule has 0 saturated carbocycles. The van der Waals surface area contributed by atoms with Gasteiger partial charge in [-0.2, -0.15) is 5.10 Å². The third-order valence-corrected chi connectivity index (χ3v) is 6.54. The molecule has 0 unspecified atom stereocenters. The Balaban J connectivity index is 1.36. The molecule has 0 bridgehead atoms. The van der Waals surface area contributed by atoms with Crippen LogP contribution in [0.1, 0.15) is 0 Å². The van der Waals surface area contributed by atoms with E-state index in [0.717, 1.165) is 41.1 Å². The van der Waals surface area contributed by atoms with Gasteiger partial charge < -0.3 is 4.74 Å². The molecular formula is C24H16F3N5O3S. The topological polar surface area (TPSA) is 98.5 Å². The van der Waals surface area contributed by atoms with Crippen LogP contribution in [0.2, 0.25) is 0 Å². The summed E-state index contributed by atoms with van der Waals surface area (Å²) >= 11 is 0. The van der Waals surface area contributed by atoms with Crippen LogP contribution in [0, 0.1) is 0 Å². The summed E-state index contributed by atoms with van der Waals surface area (Å²) in [4.78, 5) is 8.19. The van der Waals surface area contributed by atoms with E-state index < -0.39 is 22.1 Å². The minimum Gasteiger partial charge on any atom is -0.406 e. The lowest BCUT2D eigenvalue weighted by molar-refractivity contribution is -0.274. The fourth-order valence-corrected chi connectivity index (χ4v) is 4.55. The molecule has 0 saturated heterocycles. The molecule has 0 spiro atoms. The summed E-state index contributed by atoms with van der Waals surface area (Å²) in [7, 11) is -4.03. The number of hydrogen-bond acceptors (Lipinski definition) is 6. The van der Waals surface area contributed by atoms with Crippen molar-refractivity contribution in [2.45, 2.75) is 11.3 Å². The van der Waals surface area contributed by atoms with E-state index in [-0.39, 0.29) is 10.6 Å². The quantitative estimate of drug-likeness (QED) is 0.338. The van der Waals surface area contributed by atoms with Gasteiger partial charge in [-0.3, -0.25) is 9.71 Å². The largest absolute Gasteiger partial charge is 0.573 e. The molecule has 0 aliphatic carbocycles. The van der Waals surface area contributed by atoms with E-state index >= 15 is 0 Å². The molecule has 5 aromatic rings. The van der Waals surface area contributed by atoms with Gasteiger partial charge in [0.25, 0.3) is 10.0 Å². The lowest BCUT2D eigenvalue weighted by atomic mass is 10.1. The van der Waals surface area contributed by atoms with E-state index in [1.165, 1.54) is 0 Å². The van der Waals surface area contributed by atoms with Crippen LogP contribution in [0.25, 0.3) is 28.2 Å². The van der Waals surface area contributed by atoms with Gasteiger partial charge in [0.2, 0.25) is 0 Å². The van der Waals surface area contributed by atoms with Crippen molar-refractivity contribution in [2.75, 3.05) is 4.72 Å². The molecule has 0 fully saturated rings. The Labute approximate surface area is 203 Å². The standard InChI is InChI=1S/C24H16F3N5O3S/c25-24(26,27)35-19-5-7-20(8-6-19)36(33,34)31-18-3-1-16(2-4-18)21-9-10-23-29-15-22(32(23)30-21)17-11-13-28-14-12-17/h1-15,31H. The van der Waals surface area contributed by atoms with Crippen molar-refractivity contribution in [3.63, 3.8) is 0 Å². The molecule has 0 aliphatic heterocycles. The van der Waals surface area contributed by atoms with Crippen molar-refractivity contribution in [1.29, 1.82) is 0 Å². The average molecular weight is 511 g/mol. The highest BCUT2D eigenvalue weighted by Gasteiger charge is 2.31. The van der Waals surface area contributed by atoms with E-state index in [1.807, 2.05) is 24.3 Å². The number of alkyl halides is 3. The van der Waals surface area contributed by atoms with Gasteiger partial charge in [-0.15, -0.1) is 13.2 Å². The zero-order chi connectivity index (χ0) is 25.3. The van der Waals surface area contributed by atoms with Gasteiger partial charge in [0, 0.05) is 29.2 Å². The Bertz CT molecular complexity index is 1620. The van der Waals surface area contributed by atoms with Gasteiger partial charge in [-0.25, -0.2) is 17.9 Å². The summed E-state index contributed by atoms with van der Waals surface area (Å²) in [5, 5.41) is 4.67. The molecule has 1 N–H and O–H groups in total. The van der Waals surface area contributed by atoms with Gasteiger partial charge >= 0.3 is 6.36 Å². The van der Waals surface area contributed by atoms with Crippen LogP contribution in [-0.2, 0) is 10.0 Å². The van der Waals surface area contributed by atoms with E-state index in [9.17, 15) is 21.6 Å². The number of nitrogens with zero attached hydrogens (tertiary/aromatic N) is 4. The Hall–Kier alpha value is -4.45. The number of aromatic nitrogens is 4. The molecule has 3 aromatic heterocycles. The first-order valence-corrected chi connectivity index (χ1v) is 11.9. The van der Waals surface area contributed by atoms with Gasteiger partial charge in [0.1, 0.15) is 5.75 Å². The number of benzene rings is 2. The summed E-state index contributed by atoms with van der Waals surface area (Å²) in [6.45, 7) is 0. The average Bonchev–Trinajstić information content (AvgIpc) is 3.27. The molecule has 0 aliphatic rings. The normalized spacial score (nSPS) is 12.0. The molecule has 2 aromatic carbocycles. The maximum Gasteiger partial charge on any atom is 0.573 e. The highest BCUT2D eigenvalue weighted by Crippen LogP contribution is 2.26. The number of anilines is 1. The van der Waals surface area contributed by atoms with Crippen LogP contribution in [-0.4, -0.2) is 34.4 Å². The Morgan fingerprint density at radius 2 is 1.53 bits per heavy atom. The predicted molar refractivity (Wildman–Crippen MR) is 126 cm³/mol. The molecule has 182 valence electrons. The van der Waals surface area contributed by atoms with Crippen molar-refractivity contribution >= 4 is 21.4 Å². The molecule has 0 amide bonds. The second kappa shape index (κ2) is 8.96. The van der Waals surface area contributed by atoms with Gasteiger partial charge in [-0.05, 0) is 60.7 Å². The van der Waals surface area contributed by atoms with Crippen molar-refractivity contribution in [1.82, 2.24) is 19.6 Å². The fourth-order valence-electron chi connectivity index (χ4n) is 3.49. The molecule has 5 rings (SSSR count). The van der Waals surface area contributed by atoms with Crippen LogP contribution in [0.15, 0.2) is 96.3 Å². The monoisotopic (exact) mass is 511 g/mol. The number of halogens is 3. The molecule has 36 heavy (non-hydrogen) atoms. The van der Waals surface area contributed by atoms with Crippen LogP contribution in [0.3, 0.4) is 0 Å². The zero-order valence-electron chi connectivity index (χ0n) is 18.2. The Morgan fingerprint density at radius 1 is 0.833 bits per heavy atom. The fraction of sp³-hybridized carbons (Fsp3) is 0.0417. The molecule has 3 heterocycles. The Morgan fingerprint density at radius 3 is 2.19 bits per heavy atom. The van der Waals surface area contributed by atoms with Gasteiger partial charge in [0.15, 0.2) is 5.65 Å². The maximum atomic E-state index is 12.6. The number of imidazole rings is 1. The van der Waals surface area contributed by atoms with Crippen molar-refractivity contribution in [2.24, 2.45) is 0 Å². The van der Waals surface area contributed by atoms with Crippen LogP contribution in [0.4, 0.5) is 18.9 Å². The molecule has 0 atom stereocenters. The van der Waals surface area contributed by atoms with Crippen molar-refractivity contribution in [3.05, 3.63) is 91.4 Å². The SMILES string of the molecule is O=S(=O)(Nc1ccc(-c2ccc3ncc(-c4ccncc4)n3n2)cc1)c1ccc(OC(F)(F)F)cc1. The van der Waals surface area contributed by atoms with Crippen molar-refractivity contribution < 1.29 is 26.3 Å². The predicted octanol–water partition coefficient (Wildman–Crippen LogP) is 5.16. The highest BCUT2D eigenvalue weighted by atomic mass is 32.2. The van der Waals surface area contributed by atoms with Gasteiger partial charge in [0.05, 0.1) is 22.5 Å². The lowest BCUT2D eigenvalue weighted by Crippen LogP contribution is -2.17. The zero-order valence-corrected chi connectivity index (χ0v) is 19.0. The number of sulfonamides is 1. The van der Waals surface area contributed by atoms with Gasteiger partial charge in [-0.1, -0.05) is 12.1 Å². The number of pyridine rings is 1. The molecular weight excluding hydrogens is 495 g/mol. The Kier molecular flexibility index (Phi) is 5.80. The maximum absolute atomic E-state index is 12.6. The first-order valence-electron chi connectivity index (χ1n) is 10.4. The summed E-state index contributed by atoms with van der Waals surface area (Å²) in [6, 6.07) is 17.8. The van der Waals surface area contributed by atoms with Crippen molar-refractivity contribution in [3.8, 4) is 28.3 Å². The number of ether oxygens (including phenoxy) is 1. The minimum absolute atomic E-state index is 0.211. The van der Waals surface area contributed by atoms with E-state index in [2.05, 4.69) is 24.5 Å².